The fourth-order valence-corrected chi connectivity index (χ4v) is 2.26. The van der Waals surface area contributed by atoms with Crippen LogP contribution in [0.4, 0.5) is 0 Å². The Morgan fingerprint density at radius 1 is 1.24 bits per heavy atom. The fourth-order valence-electron chi connectivity index (χ4n) is 1.83. The van der Waals surface area contributed by atoms with Gasteiger partial charge in [0.1, 0.15) is 4.60 Å². The first-order valence-corrected chi connectivity index (χ1v) is 7.08. The van der Waals surface area contributed by atoms with Crippen molar-refractivity contribution in [1.82, 2.24) is 10.3 Å². The first kappa shape index (κ1) is 15.2. The highest BCUT2D eigenvalue weighted by molar-refractivity contribution is 9.10. The summed E-state index contributed by atoms with van der Waals surface area (Å²) in [5.41, 5.74) is 1.58. The van der Waals surface area contributed by atoms with Crippen LogP contribution in [0.1, 0.15) is 26.3 Å². The maximum absolute atomic E-state index is 12.0. The number of carboxylic acids is 1. The maximum atomic E-state index is 12.0. The molecule has 0 aliphatic carbocycles. The third-order valence-electron chi connectivity index (χ3n) is 2.88. The number of nitrogens with zero attached hydrogens (tertiary/aromatic N) is 1. The van der Waals surface area contributed by atoms with Crippen molar-refractivity contribution in [3.63, 3.8) is 0 Å². The van der Waals surface area contributed by atoms with Gasteiger partial charge in [-0.05, 0) is 52.2 Å². The molecule has 2 aromatic rings. The van der Waals surface area contributed by atoms with E-state index in [1.807, 2.05) is 6.07 Å². The predicted octanol–water partition coefficient (Wildman–Crippen LogP) is 2.51. The highest BCUT2D eigenvalue weighted by Gasteiger charge is 2.09. The van der Waals surface area contributed by atoms with E-state index in [0.717, 1.165) is 5.56 Å². The summed E-state index contributed by atoms with van der Waals surface area (Å²) in [6, 6.07) is 10.0. The Labute approximate surface area is 130 Å². The zero-order valence-corrected chi connectivity index (χ0v) is 12.6. The molecule has 0 saturated heterocycles. The Balaban J connectivity index is 1.93. The van der Waals surface area contributed by atoms with Gasteiger partial charge in [-0.1, -0.05) is 12.1 Å². The normalized spacial score (nSPS) is 10.1. The van der Waals surface area contributed by atoms with Gasteiger partial charge < -0.3 is 10.4 Å². The molecular formula is C15H13BrN2O3. The minimum absolute atomic E-state index is 0.218. The summed E-state index contributed by atoms with van der Waals surface area (Å²) in [7, 11) is 0. The number of pyridine rings is 1. The predicted molar refractivity (Wildman–Crippen MR) is 81.4 cm³/mol. The monoisotopic (exact) mass is 348 g/mol. The lowest BCUT2D eigenvalue weighted by Gasteiger charge is -2.07. The molecule has 108 valence electrons. The van der Waals surface area contributed by atoms with E-state index in [1.165, 1.54) is 6.07 Å². The highest BCUT2D eigenvalue weighted by atomic mass is 79.9. The van der Waals surface area contributed by atoms with Crippen molar-refractivity contribution < 1.29 is 14.7 Å². The number of carbonyl (C=O) groups is 2. The zero-order chi connectivity index (χ0) is 15.2. The molecule has 0 spiro atoms. The molecule has 0 saturated carbocycles. The van der Waals surface area contributed by atoms with Gasteiger partial charge in [0.25, 0.3) is 5.91 Å². The number of hydrogen-bond donors (Lipinski definition) is 2. The van der Waals surface area contributed by atoms with E-state index in [9.17, 15) is 9.59 Å². The summed E-state index contributed by atoms with van der Waals surface area (Å²) >= 11 is 3.22. The summed E-state index contributed by atoms with van der Waals surface area (Å²) in [6.07, 6.45) is 2.16. The molecule has 6 heteroatoms. The van der Waals surface area contributed by atoms with Crippen molar-refractivity contribution in [2.45, 2.75) is 6.42 Å². The van der Waals surface area contributed by atoms with Crippen molar-refractivity contribution in [2.24, 2.45) is 0 Å². The van der Waals surface area contributed by atoms with Gasteiger partial charge in [-0.25, -0.2) is 9.78 Å². The number of aromatic nitrogens is 1. The Hall–Kier alpha value is -2.21. The average Bonchev–Trinajstić information content (AvgIpc) is 2.48. The van der Waals surface area contributed by atoms with Crippen LogP contribution in [0.25, 0.3) is 0 Å². The van der Waals surface area contributed by atoms with Crippen LogP contribution in [-0.4, -0.2) is 28.5 Å². The van der Waals surface area contributed by atoms with Crippen molar-refractivity contribution in [1.29, 1.82) is 0 Å². The lowest BCUT2D eigenvalue weighted by atomic mass is 10.1. The second kappa shape index (κ2) is 6.99. The maximum Gasteiger partial charge on any atom is 0.335 e. The summed E-state index contributed by atoms with van der Waals surface area (Å²) in [6.45, 7) is 0.420. The van der Waals surface area contributed by atoms with Crippen LogP contribution < -0.4 is 5.32 Å². The smallest absolute Gasteiger partial charge is 0.335 e. The number of carboxylic acid groups (broad SMARTS) is 1. The number of halogens is 1. The Morgan fingerprint density at radius 2 is 2.05 bits per heavy atom. The summed E-state index contributed by atoms with van der Waals surface area (Å²) in [5, 5.41) is 11.7. The average molecular weight is 349 g/mol. The lowest BCUT2D eigenvalue weighted by molar-refractivity contribution is 0.0696. The quantitative estimate of drug-likeness (QED) is 0.813. The topological polar surface area (TPSA) is 79.3 Å². The standard InChI is InChI=1S/C15H13BrN2O3/c16-13-12(5-2-7-17-13)14(19)18-8-6-10-3-1-4-11(9-10)15(20)21/h1-5,7,9H,6,8H2,(H,18,19)(H,20,21). The fraction of sp³-hybridized carbons (Fsp3) is 0.133. The van der Waals surface area contributed by atoms with Crippen molar-refractivity contribution in [3.05, 3.63) is 63.9 Å². The molecule has 21 heavy (non-hydrogen) atoms. The first-order valence-electron chi connectivity index (χ1n) is 6.29. The van der Waals surface area contributed by atoms with E-state index in [0.29, 0.717) is 23.1 Å². The number of aromatic carboxylic acids is 1. The SMILES string of the molecule is O=C(O)c1cccc(CCNC(=O)c2cccnc2Br)c1. The van der Waals surface area contributed by atoms with Crippen LogP contribution in [0, 0.1) is 0 Å². The second-order valence-electron chi connectivity index (χ2n) is 4.35. The van der Waals surface area contributed by atoms with Crippen LogP contribution >= 0.6 is 15.9 Å². The van der Waals surface area contributed by atoms with Gasteiger partial charge in [0.15, 0.2) is 0 Å². The number of carbonyl (C=O) groups excluding carboxylic acids is 1. The van der Waals surface area contributed by atoms with Crippen LogP contribution in [0.15, 0.2) is 47.2 Å². The molecule has 1 amide bonds. The van der Waals surface area contributed by atoms with Crippen LogP contribution in [0.3, 0.4) is 0 Å². The number of hydrogen-bond acceptors (Lipinski definition) is 3. The minimum atomic E-state index is -0.958. The Bertz CT molecular complexity index is 673. The van der Waals surface area contributed by atoms with E-state index in [1.54, 1.807) is 30.5 Å². The van der Waals surface area contributed by atoms with E-state index >= 15 is 0 Å². The number of benzene rings is 1. The molecule has 1 aromatic heterocycles. The van der Waals surface area contributed by atoms with E-state index < -0.39 is 5.97 Å². The van der Waals surface area contributed by atoms with Crippen LogP contribution in [0.5, 0.6) is 0 Å². The zero-order valence-electron chi connectivity index (χ0n) is 11.0. The van der Waals surface area contributed by atoms with Gasteiger partial charge in [-0.15, -0.1) is 0 Å². The van der Waals surface area contributed by atoms with Crippen molar-refractivity contribution in [2.75, 3.05) is 6.54 Å². The van der Waals surface area contributed by atoms with E-state index in [4.69, 9.17) is 5.11 Å². The molecule has 0 aliphatic heterocycles. The number of rotatable bonds is 5. The molecule has 2 rings (SSSR count). The summed E-state index contributed by atoms with van der Waals surface area (Å²) in [4.78, 5) is 26.8. The molecule has 1 aromatic carbocycles. The molecule has 0 aliphatic rings. The molecule has 0 fully saturated rings. The van der Waals surface area contributed by atoms with Gasteiger partial charge in [0, 0.05) is 12.7 Å². The summed E-state index contributed by atoms with van der Waals surface area (Å²) in [5.74, 6) is -1.18. The van der Waals surface area contributed by atoms with Gasteiger partial charge in [-0.3, -0.25) is 4.79 Å². The summed E-state index contributed by atoms with van der Waals surface area (Å²) < 4.78 is 0.496. The molecule has 1 heterocycles. The largest absolute Gasteiger partial charge is 0.478 e. The molecular weight excluding hydrogens is 336 g/mol. The van der Waals surface area contributed by atoms with Gasteiger partial charge in [0.2, 0.25) is 0 Å². The van der Waals surface area contributed by atoms with Gasteiger partial charge >= 0.3 is 5.97 Å². The van der Waals surface area contributed by atoms with Crippen molar-refractivity contribution >= 4 is 27.8 Å². The second-order valence-corrected chi connectivity index (χ2v) is 5.10. The minimum Gasteiger partial charge on any atom is -0.478 e. The Morgan fingerprint density at radius 3 is 2.76 bits per heavy atom. The Kier molecular flexibility index (Phi) is 5.05. The molecule has 0 bridgehead atoms. The number of amides is 1. The third-order valence-corrected chi connectivity index (χ3v) is 3.51. The first-order chi connectivity index (χ1) is 10.1. The lowest BCUT2D eigenvalue weighted by Crippen LogP contribution is -2.26. The number of nitrogens with one attached hydrogen (secondary N) is 1. The third kappa shape index (κ3) is 4.13. The molecule has 5 nitrogen and oxygen atoms in total. The van der Waals surface area contributed by atoms with Gasteiger partial charge in [0.05, 0.1) is 11.1 Å². The van der Waals surface area contributed by atoms with E-state index in [-0.39, 0.29) is 11.5 Å². The highest BCUT2D eigenvalue weighted by Crippen LogP contribution is 2.12. The molecule has 2 N–H and O–H groups in total. The molecule has 0 atom stereocenters. The molecule has 0 unspecified atom stereocenters. The van der Waals surface area contributed by atoms with Crippen LogP contribution in [-0.2, 0) is 6.42 Å². The van der Waals surface area contributed by atoms with Gasteiger partial charge in [-0.2, -0.15) is 0 Å². The van der Waals surface area contributed by atoms with E-state index in [2.05, 4.69) is 26.2 Å². The van der Waals surface area contributed by atoms with Crippen LogP contribution in [0.2, 0.25) is 0 Å². The molecule has 0 radical (unpaired) electrons. The van der Waals surface area contributed by atoms with Crippen molar-refractivity contribution in [3.8, 4) is 0 Å².